The van der Waals surface area contributed by atoms with E-state index >= 15 is 0 Å². The minimum absolute atomic E-state index is 0.0482. The van der Waals surface area contributed by atoms with E-state index in [0.29, 0.717) is 13.0 Å². The fourth-order valence-corrected chi connectivity index (χ4v) is 1.20. The second-order valence-electron chi connectivity index (χ2n) is 3.90. The fraction of sp³-hybridized carbons (Fsp3) is 0.667. The van der Waals surface area contributed by atoms with E-state index in [2.05, 4.69) is 10.1 Å². The average molecular weight is 227 g/mol. The molecule has 1 N–H and O–H groups in total. The Hall–Kier alpha value is -1.32. The minimum atomic E-state index is -0.173. The molecule has 16 heavy (non-hydrogen) atoms. The van der Waals surface area contributed by atoms with Crippen molar-refractivity contribution in [2.24, 2.45) is 0 Å². The summed E-state index contributed by atoms with van der Waals surface area (Å²) in [5.74, 6) is -0.221. The van der Waals surface area contributed by atoms with Crippen LogP contribution in [-0.2, 0) is 14.3 Å². The second kappa shape index (κ2) is 8.95. The molecule has 0 radical (unpaired) electrons. The first-order valence-electron chi connectivity index (χ1n) is 5.56. The number of hydrogen-bond acceptors (Lipinski definition) is 3. The number of amides is 1. The molecule has 0 atom stereocenters. The van der Waals surface area contributed by atoms with Gasteiger partial charge < -0.3 is 10.1 Å². The minimum Gasteiger partial charge on any atom is -0.469 e. The van der Waals surface area contributed by atoms with Gasteiger partial charge in [-0.3, -0.25) is 9.59 Å². The third kappa shape index (κ3) is 9.24. The zero-order valence-electron chi connectivity index (χ0n) is 10.3. The van der Waals surface area contributed by atoms with Crippen molar-refractivity contribution in [1.82, 2.24) is 5.32 Å². The Morgan fingerprint density at radius 1 is 1.19 bits per heavy atom. The number of unbranched alkanes of at least 4 members (excludes halogenated alkanes) is 2. The lowest BCUT2D eigenvalue weighted by Crippen LogP contribution is -2.22. The van der Waals surface area contributed by atoms with Crippen molar-refractivity contribution in [2.75, 3.05) is 13.7 Å². The molecule has 4 heteroatoms. The highest BCUT2D eigenvalue weighted by molar-refractivity contribution is 5.87. The van der Waals surface area contributed by atoms with Crippen LogP contribution in [0.2, 0.25) is 0 Å². The molecule has 1 amide bonds. The van der Waals surface area contributed by atoms with Crippen LogP contribution < -0.4 is 5.32 Å². The molecule has 0 aliphatic heterocycles. The van der Waals surface area contributed by atoms with Gasteiger partial charge in [-0.2, -0.15) is 0 Å². The number of ether oxygens (including phenoxy) is 1. The Kier molecular flexibility index (Phi) is 8.21. The van der Waals surface area contributed by atoms with Gasteiger partial charge in [-0.05, 0) is 26.7 Å². The van der Waals surface area contributed by atoms with Crippen molar-refractivity contribution in [3.8, 4) is 0 Å². The summed E-state index contributed by atoms with van der Waals surface area (Å²) in [6.45, 7) is 4.43. The van der Waals surface area contributed by atoms with E-state index in [0.717, 1.165) is 24.8 Å². The molecule has 92 valence electrons. The van der Waals surface area contributed by atoms with E-state index in [1.165, 1.54) is 7.11 Å². The van der Waals surface area contributed by atoms with Crippen LogP contribution >= 0.6 is 0 Å². The van der Waals surface area contributed by atoms with E-state index in [9.17, 15) is 9.59 Å². The Labute approximate surface area is 97.1 Å². The van der Waals surface area contributed by atoms with Gasteiger partial charge in [0, 0.05) is 19.0 Å². The molecule has 0 unspecified atom stereocenters. The smallest absolute Gasteiger partial charge is 0.305 e. The van der Waals surface area contributed by atoms with Crippen LogP contribution in [0.4, 0.5) is 0 Å². The van der Waals surface area contributed by atoms with E-state index < -0.39 is 0 Å². The number of nitrogens with one attached hydrogen (secondary N) is 1. The topological polar surface area (TPSA) is 55.4 Å². The van der Waals surface area contributed by atoms with Crippen molar-refractivity contribution < 1.29 is 14.3 Å². The predicted molar refractivity (Wildman–Crippen MR) is 62.9 cm³/mol. The molecule has 0 aromatic rings. The normalized spacial score (nSPS) is 9.44. The van der Waals surface area contributed by atoms with Crippen molar-refractivity contribution in [3.63, 3.8) is 0 Å². The lowest BCUT2D eigenvalue weighted by atomic mass is 10.2. The Bertz CT molecular complexity index is 255. The summed E-state index contributed by atoms with van der Waals surface area (Å²) in [6.07, 6.45) is 4.65. The molecule has 0 heterocycles. The number of allylic oxidation sites excluding steroid dienone is 1. The first-order chi connectivity index (χ1) is 7.56. The van der Waals surface area contributed by atoms with E-state index in [-0.39, 0.29) is 11.9 Å². The van der Waals surface area contributed by atoms with Gasteiger partial charge in [0.05, 0.1) is 7.11 Å². The SMILES string of the molecule is COC(=O)CCCCCNC(=O)C=C(C)C. The lowest BCUT2D eigenvalue weighted by molar-refractivity contribution is -0.140. The van der Waals surface area contributed by atoms with Crippen LogP contribution in [0.15, 0.2) is 11.6 Å². The van der Waals surface area contributed by atoms with Crippen LogP contribution in [0, 0.1) is 0 Å². The van der Waals surface area contributed by atoms with Crippen molar-refractivity contribution in [3.05, 3.63) is 11.6 Å². The molecule has 0 aromatic carbocycles. The van der Waals surface area contributed by atoms with Gasteiger partial charge in [0.15, 0.2) is 0 Å². The average Bonchev–Trinajstić information content (AvgIpc) is 2.21. The van der Waals surface area contributed by atoms with E-state index in [4.69, 9.17) is 0 Å². The summed E-state index contributed by atoms with van der Waals surface area (Å²) >= 11 is 0. The molecule has 0 bridgehead atoms. The highest BCUT2D eigenvalue weighted by atomic mass is 16.5. The lowest BCUT2D eigenvalue weighted by Gasteiger charge is -2.02. The summed E-state index contributed by atoms with van der Waals surface area (Å²) in [4.78, 5) is 22.0. The largest absolute Gasteiger partial charge is 0.469 e. The number of esters is 1. The Morgan fingerprint density at radius 3 is 2.44 bits per heavy atom. The monoisotopic (exact) mass is 227 g/mol. The van der Waals surface area contributed by atoms with Crippen LogP contribution in [-0.4, -0.2) is 25.5 Å². The fourth-order valence-electron chi connectivity index (χ4n) is 1.20. The maximum atomic E-state index is 11.2. The predicted octanol–water partition coefficient (Wildman–Crippen LogP) is 1.80. The number of rotatable bonds is 7. The molecule has 0 aliphatic carbocycles. The number of hydrogen-bond donors (Lipinski definition) is 1. The number of carbonyl (C=O) groups excluding carboxylic acids is 2. The number of carbonyl (C=O) groups is 2. The summed E-state index contributed by atoms with van der Waals surface area (Å²) < 4.78 is 4.52. The molecule has 0 aromatic heterocycles. The molecule has 0 saturated carbocycles. The van der Waals surface area contributed by atoms with Gasteiger partial charge >= 0.3 is 5.97 Å². The van der Waals surface area contributed by atoms with Gasteiger partial charge in [0.25, 0.3) is 0 Å². The van der Waals surface area contributed by atoms with E-state index in [1.54, 1.807) is 6.08 Å². The third-order valence-corrected chi connectivity index (χ3v) is 2.00. The maximum absolute atomic E-state index is 11.2. The summed E-state index contributed by atoms with van der Waals surface area (Å²) in [5.41, 5.74) is 0.989. The summed E-state index contributed by atoms with van der Waals surface area (Å²) in [5, 5.41) is 2.78. The zero-order chi connectivity index (χ0) is 12.4. The summed E-state index contributed by atoms with van der Waals surface area (Å²) in [6, 6.07) is 0. The number of methoxy groups -OCH3 is 1. The highest BCUT2D eigenvalue weighted by Gasteiger charge is 1.99. The van der Waals surface area contributed by atoms with Crippen molar-refractivity contribution in [2.45, 2.75) is 39.5 Å². The van der Waals surface area contributed by atoms with Gasteiger partial charge in [0.2, 0.25) is 5.91 Å². The van der Waals surface area contributed by atoms with Gasteiger partial charge in [-0.1, -0.05) is 12.0 Å². The molecule has 0 rings (SSSR count). The molecular weight excluding hydrogens is 206 g/mol. The van der Waals surface area contributed by atoms with Gasteiger partial charge in [-0.25, -0.2) is 0 Å². The zero-order valence-corrected chi connectivity index (χ0v) is 10.3. The van der Waals surface area contributed by atoms with Gasteiger partial charge in [0.1, 0.15) is 0 Å². The molecule has 0 saturated heterocycles. The summed E-state index contributed by atoms with van der Waals surface area (Å²) in [7, 11) is 1.39. The molecule has 4 nitrogen and oxygen atoms in total. The quantitative estimate of drug-likeness (QED) is 0.410. The second-order valence-corrected chi connectivity index (χ2v) is 3.90. The molecule has 0 fully saturated rings. The Morgan fingerprint density at radius 2 is 1.88 bits per heavy atom. The van der Waals surface area contributed by atoms with Crippen LogP contribution in [0.3, 0.4) is 0 Å². The first kappa shape index (κ1) is 14.7. The van der Waals surface area contributed by atoms with Crippen molar-refractivity contribution >= 4 is 11.9 Å². The third-order valence-electron chi connectivity index (χ3n) is 2.00. The highest BCUT2D eigenvalue weighted by Crippen LogP contribution is 2.00. The van der Waals surface area contributed by atoms with Crippen LogP contribution in [0.5, 0.6) is 0 Å². The van der Waals surface area contributed by atoms with E-state index in [1.807, 2.05) is 13.8 Å². The Balaban J connectivity index is 3.37. The molecule has 0 spiro atoms. The van der Waals surface area contributed by atoms with Gasteiger partial charge in [-0.15, -0.1) is 0 Å². The maximum Gasteiger partial charge on any atom is 0.305 e. The van der Waals surface area contributed by atoms with Crippen molar-refractivity contribution in [1.29, 1.82) is 0 Å². The molecular formula is C12H21NO3. The first-order valence-corrected chi connectivity index (χ1v) is 5.56. The standard InChI is InChI=1S/C12H21NO3/c1-10(2)9-11(14)13-8-6-4-5-7-12(15)16-3/h9H,4-8H2,1-3H3,(H,13,14). The molecule has 0 aliphatic rings. The van der Waals surface area contributed by atoms with Crippen LogP contribution in [0.1, 0.15) is 39.5 Å². The van der Waals surface area contributed by atoms with Crippen LogP contribution in [0.25, 0.3) is 0 Å².